The lowest BCUT2D eigenvalue weighted by Crippen LogP contribution is -2.39. The highest BCUT2D eigenvalue weighted by atomic mass is 16.5. The van der Waals surface area contributed by atoms with E-state index in [9.17, 15) is 9.90 Å². The maximum atomic E-state index is 11.7. The van der Waals surface area contributed by atoms with Gasteiger partial charge in [-0.1, -0.05) is 0 Å². The number of carboxylic acids is 1. The summed E-state index contributed by atoms with van der Waals surface area (Å²) < 4.78 is 15.8. The van der Waals surface area contributed by atoms with Crippen molar-refractivity contribution in [3.63, 3.8) is 0 Å². The van der Waals surface area contributed by atoms with E-state index in [1.54, 1.807) is 19.4 Å². The Morgan fingerprint density at radius 3 is 2.65 bits per heavy atom. The summed E-state index contributed by atoms with van der Waals surface area (Å²) in [6.45, 7) is 0.914. The van der Waals surface area contributed by atoms with Crippen LogP contribution in [-0.4, -0.2) is 43.5 Å². The highest BCUT2D eigenvalue weighted by molar-refractivity contribution is 5.75. The Morgan fingerprint density at radius 1 is 1.40 bits per heavy atom. The molecule has 0 unspecified atom stereocenters. The second kappa shape index (κ2) is 6.09. The number of methoxy groups -OCH3 is 2. The average molecular weight is 281 g/mol. The molecule has 2 heterocycles. The molecule has 110 valence electrons. The Labute approximate surface area is 117 Å². The molecule has 1 aromatic rings. The molecule has 1 fully saturated rings. The first-order valence-corrected chi connectivity index (χ1v) is 6.50. The first kappa shape index (κ1) is 14.6. The van der Waals surface area contributed by atoms with E-state index < -0.39 is 11.4 Å². The first-order valence-electron chi connectivity index (χ1n) is 6.50. The minimum atomic E-state index is -0.842. The second-order valence-electron chi connectivity index (χ2n) is 4.87. The molecule has 6 heteroatoms. The van der Waals surface area contributed by atoms with Gasteiger partial charge in [0.15, 0.2) is 11.5 Å². The number of aromatic nitrogens is 1. The number of ether oxygens (including phenoxy) is 3. The molecule has 0 aliphatic carbocycles. The first-order chi connectivity index (χ1) is 9.63. The van der Waals surface area contributed by atoms with Gasteiger partial charge >= 0.3 is 5.97 Å². The van der Waals surface area contributed by atoms with Gasteiger partial charge in [-0.25, -0.2) is 0 Å². The number of pyridine rings is 1. The van der Waals surface area contributed by atoms with Gasteiger partial charge in [-0.15, -0.1) is 0 Å². The number of hydrogen-bond donors (Lipinski definition) is 1. The summed E-state index contributed by atoms with van der Waals surface area (Å²) in [5, 5.41) is 9.58. The summed E-state index contributed by atoms with van der Waals surface area (Å²) in [7, 11) is 3.07. The molecule has 2 rings (SSSR count). The maximum Gasteiger partial charge on any atom is 0.310 e. The lowest BCUT2D eigenvalue weighted by Gasteiger charge is -2.33. The summed E-state index contributed by atoms with van der Waals surface area (Å²) in [5.41, 5.74) is -0.235. The van der Waals surface area contributed by atoms with Gasteiger partial charge in [0.2, 0.25) is 0 Å². The van der Waals surface area contributed by atoms with Crippen molar-refractivity contribution in [2.75, 3.05) is 27.4 Å². The van der Waals surface area contributed by atoms with E-state index >= 15 is 0 Å². The van der Waals surface area contributed by atoms with Crippen LogP contribution < -0.4 is 9.47 Å². The van der Waals surface area contributed by atoms with Crippen molar-refractivity contribution >= 4 is 5.97 Å². The van der Waals surface area contributed by atoms with E-state index in [0.29, 0.717) is 49.7 Å². The molecular weight excluding hydrogens is 262 g/mol. The van der Waals surface area contributed by atoms with E-state index in [1.807, 2.05) is 0 Å². The maximum absolute atomic E-state index is 11.7. The minimum Gasteiger partial charge on any atom is -0.493 e. The van der Waals surface area contributed by atoms with Crippen LogP contribution in [0.3, 0.4) is 0 Å². The summed E-state index contributed by atoms with van der Waals surface area (Å²) in [5.74, 6) is 0.250. The van der Waals surface area contributed by atoms with Crippen molar-refractivity contribution in [2.45, 2.75) is 19.3 Å². The third kappa shape index (κ3) is 2.70. The highest BCUT2D eigenvalue weighted by Gasteiger charge is 2.41. The molecule has 1 aliphatic heterocycles. The van der Waals surface area contributed by atoms with Crippen LogP contribution in [0.4, 0.5) is 0 Å². The fourth-order valence-electron chi connectivity index (χ4n) is 2.53. The van der Waals surface area contributed by atoms with E-state index in [-0.39, 0.29) is 0 Å². The van der Waals surface area contributed by atoms with Crippen LogP contribution in [0.1, 0.15) is 18.5 Å². The van der Waals surface area contributed by atoms with Gasteiger partial charge < -0.3 is 19.3 Å². The summed E-state index contributed by atoms with van der Waals surface area (Å²) in [6, 6.07) is 1.69. The number of rotatable bonds is 5. The molecule has 0 spiro atoms. The summed E-state index contributed by atoms with van der Waals surface area (Å²) >= 11 is 0. The van der Waals surface area contributed by atoms with E-state index in [0.717, 1.165) is 0 Å². The van der Waals surface area contributed by atoms with Crippen LogP contribution in [0.2, 0.25) is 0 Å². The van der Waals surface area contributed by atoms with Gasteiger partial charge in [0.05, 0.1) is 25.3 Å². The standard InChI is InChI=1S/C14H19NO5/c1-18-11-3-6-15-10(12(11)19-2)9-14(13(16)17)4-7-20-8-5-14/h3,6H,4-5,7-9H2,1-2H3,(H,16,17). The fourth-order valence-corrected chi connectivity index (χ4v) is 2.53. The van der Waals surface area contributed by atoms with Crippen LogP contribution >= 0.6 is 0 Å². The Bertz CT molecular complexity index is 482. The van der Waals surface area contributed by atoms with Crippen LogP contribution in [-0.2, 0) is 16.0 Å². The molecule has 20 heavy (non-hydrogen) atoms. The van der Waals surface area contributed by atoms with Gasteiger partial charge in [-0.3, -0.25) is 9.78 Å². The average Bonchev–Trinajstić information content (AvgIpc) is 2.47. The lowest BCUT2D eigenvalue weighted by atomic mass is 9.76. The number of carboxylic acid groups (broad SMARTS) is 1. The minimum absolute atomic E-state index is 0.312. The Kier molecular flexibility index (Phi) is 4.44. The molecule has 0 saturated carbocycles. The predicted octanol–water partition coefficient (Wildman–Crippen LogP) is 1.52. The fraction of sp³-hybridized carbons (Fsp3) is 0.571. The third-order valence-electron chi connectivity index (χ3n) is 3.78. The molecule has 1 aliphatic rings. The second-order valence-corrected chi connectivity index (χ2v) is 4.87. The van der Waals surface area contributed by atoms with Gasteiger partial charge in [-0.05, 0) is 12.8 Å². The molecule has 6 nitrogen and oxygen atoms in total. The quantitative estimate of drug-likeness (QED) is 0.881. The topological polar surface area (TPSA) is 77.9 Å². The number of carbonyl (C=O) groups is 1. The smallest absolute Gasteiger partial charge is 0.310 e. The Balaban J connectivity index is 2.34. The van der Waals surface area contributed by atoms with Crippen LogP contribution in [0.25, 0.3) is 0 Å². The molecule has 0 amide bonds. The van der Waals surface area contributed by atoms with Crippen molar-refractivity contribution < 1.29 is 24.1 Å². The number of nitrogens with zero attached hydrogens (tertiary/aromatic N) is 1. The normalized spacial score (nSPS) is 17.5. The molecule has 1 N–H and O–H groups in total. The van der Waals surface area contributed by atoms with Gasteiger partial charge in [0.1, 0.15) is 0 Å². The van der Waals surface area contributed by atoms with E-state index in [1.165, 1.54) is 7.11 Å². The molecular formula is C14H19NO5. The SMILES string of the molecule is COc1ccnc(CC2(C(=O)O)CCOCC2)c1OC. The van der Waals surface area contributed by atoms with Crippen molar-refractivity contribution in [3.8, 4) is 11.5 Å². The zero-order valence-corrected chi connectivity index (χ0v) is 11.7. The van der Waals surface area contributed by atoms with Gasteiger partial charge in [0, 0.05) is 31.9 Å². The number of aliphatic carboxylic acids is 1. The number of hydrogen-bond acceptors (Lipinski definition) is 5. The largest absolute Gasteiger partial charge is 0.493 e. The molecule has 1 aromatic heterocycles. The monoisotopic (exact) mass is 281 g/mol. The molecule has 0 aromatic carbocycles. The van der Waals surface area contributed by atoms with Crippen molar-refractivity contribution in [1.29, 1.82) is 0 Å². The van der Waals surface area contributed by atoms with Crippen molar-refractivity contribution in [1.82, 2.24) is 4.98 Å². The van der Waals surface area contributed by atoms with E-state index in [2.05, 4.69) is 4.98 Å². The van der Waals surface area contributed by atoms with Crippen LogP contribution in [0.5, 0.6) is 11.5 Å². The molecule has 1 saturated heterocycles. The summed E-state index contributed by atoms with van der Waals surface area (Å²) in [6.07, 6.45) is 2.87. The molecule has 0 radical (unpaired) electrons. The summed E-state index contributed by atoms with van der Waals surface area (Å²) in [4.78, 5) is 15.9. The lowest BCUT2D eigenvalue weighted by molar-refractivity contribution is -0.154. The molecule has 0 bridgehead atoms. The van der Waals surface area contributed by atoms with Crippen LogP contribution in [0, 0.1) is 5.41 Å². The van der Waals surface area contributed by atoms with Gasteiger partial charge in [0.25, 0.3) is 0 Å². The van der Waals surface area contributed by atoms with Crippen molar-refractivity contribution in [2.24, 2.45) is 5.41 Å². The zero-order valence-electron chi connectivity index (χ0n) is 11.7. The zero-order chi connectivity index (χ0) is 14.6. The van der Waals surface area contributed by atoms with E-state index in [4.69, 9.17) is 14.2 Å². The highest BCUT2D eigenvalue weighted by Crippen LogP contribution is 2.39. The van der Waals surface area contributed by atoms with Gasteiger partial charge in [-0.2, -0.15) is 0 Å². The Hall–Kier alpha value is -1.82. The Morgan fingerprint density at radius 2 is 2.10 bits per heavy atom. The van der Waals surface area contributed by atoms with Crippen LogP contribution in [0.15, 0.2) is 12.3 Å². The third-order valence-corrected chi connectivity index (χ3v) is 3.78. The molecule has 0 atom stereocenters. The predicted molar refractivity (Wildman–Crippen MR) is 71.2 cm³/mol. The van der Waals surface area contributed by atoms with Crippen molar-refractivity contribution in [3.05, 3.63) is 18.0 Å².